The molecule has 0 unspecified atom stereocenters. The Hall–Kier alpha value is -2.23. The number of carbonyl (C=O) groups is 1. The Bertz CT molecular complexity index is 1060. The molecule has 152 valence electrons. The number of rotatable bonds is 7. The number of carbonyl (C=O) groups excluding carboxylic acids is 1. The van der Waals surface area contributed by atoms with Crippen LogP contribution < -0.4 is 5.32 Å². The zero-order chi connectivity index (χ0) is 21.1. The van der Waals surface area contributed by atoms with Crippen molar-refractivity contribution >= 4 is 25.8 Å². The van der Waals surface area contributed by atoms with Gasteiger partial charge in [0.05, 0.1) is 15.8 Å². The minimum absolute atomic E-state index is 0.0377. The Morgan fingerprint density at radius 1 is 1.00 bits per heavy atom. The summed E-state index contributed by atoms with van der Waals surface area (Å²) in [5.74, 6) is -0.408. The average Bonchev–Trinajstić information content (AvgIpc) is 2.65. The van der Waals surface area contributed by atoms with Crippen LogP contribution in [-0.4, -0.2) is 47.4 Å². The molecule has 2 rings (SSSR count). The van der Waals surface area contributed by atoms with Gasteiger partial charge in [-0.1, -0.05) is 25.1 Å². The lowest BCUT2D eigenvalue weighted by atomic mass is 10.0. The monoisotopic (exact) mass is 424 g/mol. The van der Waals surface area contributed by atoms with E-state index < -0.39 is 25.8 Å². The molecule has 0 radical (unpaired) electrons. The highest BCUT2D eigenvalue weighted by Gasteiger charge is 2.20. The zero-order valence-electron chi connectivity index (χ0n) is 16.2. The summed E-state index contributed by atoms with van der Waals surface area (Å²) >= 11 is 0. The third-order valence-corrected chi connectivity index (χ3v) is 7.24. The Kier molecular flexibility index (Phi) is 6.63. The standard InChI is InChI=1S/C19H24N2O5S2/c1-5-18(14-9-11-16(12-10-14)27(4,23)24)20-19(22)15-7-6-8-17(13-15)28(25,26)21(2)3/h6-13,18H,5H2,1-4H3,(H,20,22)/t18-/m0/s1. The molecule has 0 saturated heterocycles. The number of nitrogens with zero attached hydrogens (tertiary/aromatic N) is 1. The molecule has 1 atom stereocenters. The maximum Gasteiger partial charge on any atom is 0.251 e. The van der Waals surface area contributed by atoms with Crippen molar-refractivity contribution < 1.29 is 21.6 Å². The van der Waals surface area contributed by atoms with Crippen molar-refractivity contribution in [1.29, 1.82) is 0 Å². The summed E-state index contributed by atoms with van der Waals surface area (Å²) < 4.78 is 48.8. The fourth-order valence-electron chi connectivity index (χ4n) is 2.62. The third kappa shape index (κ3) is 4.98. The summed E-state index contributed by atoms with van der Waals surface area (Å²) in [5, 5.41) is 2.87. The number of sulfone groups is 1. The summed E-state index contributed by atoms with van der Waals surface area (Å²) in [7, 11) is -4.08. The van der Waals surface area contributed by atoms with Crippen LogP contribution in [0.25, 0.3) is 0 Å². The second kappa shape index (κ2) is 8.42. The quantitative estimate of drug-likeness (QED) is 0.734. The van der Waals surface area contributed by atoms with Crippen molar-refractivity contribution in [3.8, 4) is 0 Å². The minimum atomic E-state index is -3.64. The van der Waals surface area contributed by atoms with E-state index in [9.17, 15) is 21.6 Å². The van der Waals surface area contributed by atoms with E-state index in [1.165, 1.54) is 44.4 Å². The Morgan fingerprint density at radius 3 is 2.11 bits per heavy atom. The Morgan fingerprint density at radius 2 is 1.61 bits per heavy atom. The molecule has 0 aromatic heterocycles. The highest BCUT2D eigenvalue weighted by molar-refractivity contribution is 7.90. The molecule has 9 heteroatoms. The first-order valence-electron chi connectivity index (χ1n) is 8.60. The molecule has 0 bridgehead atoms. The summed E-state index contributed by atoms with van der Waals surface area (Å²) in [6.07, 6.45) is 1.72. The van der Waals surface area contributed by atoms with Crippen molar-refractivity contribution in [2.75, 3.05) is 20.4 Å². The maximum absolute atomic E-state index is 12.6. The van der Waals surface area contributed by atoms with E-state index in [0.29, 0.717) is 6.42 Å². The Balaban J connectivity index is 2.25. The number of hydrogen-bond acceptors (Lipinski definition) is 5. The van der Waals surface area contributed by atoms with E-state index >= 15 is 0 Å². The maximum atomic E-state index is 12.6. The van der Waals surface area contributed by atoms with Gasteiger partial charge in [0.15, 0.2) is 9.84 Å². The van der Waals surface area contributed by atoms with Gasteiger partial charge in [0.2, 0.25) is 10.0 Å². The summed E-state index contributed by atoms with van der Waals surface area (Å²) in [4.78, 5) is 12.9. The molecule has 0 fully saturated rings. The van der Waals surface area contributed by atoms with Crippen LogP contribution in [0, 0.1) is 0 Å². The van der Waals surface area contributed by atoms with Crippen molar-refractivity contribution in [3.05, 3.63) is 59.7 Å². The van der Waals surface area contributed by atoms with E-state index in [0.717, 1.165) is 16.1 Å². The van der Waals surface area contributed by atoms with Gasteiger partial charge in [-0.3, -0.25) is 4.79 Å². The van der Waals surface area contributed by atoms with Crippen LogP contribution in [0.2, 0.25) is 0 Å². The summed E-state index contributed by atoms with van der Waals surface area (Å²) in [5.41, 5.74) is 0.995. The van der Waals surface area contributed by atoms with Gasteiger partial charge >= 0.3 is 0 Å². The predicted octanol–water partition coefficient (Wildman–Crippen LogP) is 2.22. The normalized spacial score (nSPS) is 13.3. The lowest BCUT2D eigenvalue weighted by molar-refractivity contribution is 0.0935. The molecular weight excluding hydrogens is 400 g/mol. The number of benzene rings is 2. The van der Waals surface area contributed by atoms with Gasteiger partial charge in [0.1, 0.15) is 0 Å². The van der Waals surface area contributed by atoms with Gasteiger partial charge in [-0.05, 0) is 42.3 Å². The fourth-order valence-corrected chi connectivity index (χ4v) is 4.20. The largest absolute Gasteiger partial charge is 0.345 e. The van der Waals surface area contributed by atoms with Gasteiger partial charge in [0.25, 0.3) is 5.91 Å². The lowest BCUT2D eigenvalue weighted by Crippen LogP contribution is -2.28. The minimum Gasteiger partial charge on any atom is -0.345 e. The second-order valence-corrected chi connectivity index (χ2v) is 10.8. The van der Waals surface area contributed by atoms with Gasteiger partial charge in [0, 0.05) is 25.9 Å². The lowest BCUT2D eigenvalue weighted by Gasteiger charge is -2.18. The first kappa shape index (κ1) is 22.1. The van der Waals surface area contributed by atoms with Crippen LogP contribution in [0.15, 0.2) is 58.3 Å². The second-order valence-electron chi connectivity index (χ2n) is 6.59. The molecule has 7 nitrogen and oxygen atoms in total. The topological polar surface area (TPSA) is 101 Å². The van der Waals surface area contributed by atoms with Crippen LogP contribution in [0.5, 0.6) is 0 Å². The summed E-state index contributed by atoms with van der Waals surface area (Å²) in [6, 6.07) is 11.8. The van der Waals surface area contributed by atoms with E-state index in [-0.39, 0.29) is 21.4 Å². The first-order valence-corrected chi connectivity index (χ1v) is 11.9. The number of amides is 1. The predicted molar refractivity (Wildman–Crippen MR) is 107 cm³/mol. The highest BCUT2D eigenvalue weighted by Crippen LogP contribution is 2.21. The molecule has 1 N–H and O–H groups in total. The molecule has 0 aliphatic heterocycles. The van der Waals surface area contributed by atoms with Crippen LogP contribution in [-0.2, 0) is 19.9 Å². The van der Waals surface area contributed by atoms with E-state index in [1.807, 2.05) is 6.92 Å². The molecule has 0 aliphatic carbocycles. The molecule has 2 aromatic carbocycles. The Labute approximate surface area is 166 Å². The summed E-state index contributed by atoms with van der Waals surface area (Å²) in [6.45, 7) is 1.89. The van der Waals surface area contributed by atoms with Gasteiger partial charge in [-0.25, -0.2) is 21.1 Å². The van der Waals surface area contributed by atoms with Gasteiger partial charge in [-0.2, -0.15) is 0 Å². The van der Waals surface area contributed by atoms with Crippen molar-refractivity contribution in [2.45, 2.75) is 29.2 Å². The molecule has 0 spiro atoms. The van der Waals surface area contributed by atoms with E-state index in [4.69, 9.17) is 0 Å². The van der Waals surface area contributed by atoms with Gasteiger partial charge < -0.3 is 5.32 Å². The van der Waals surface area contributed by atoms with Crippen molar-refractivity contribution in [1.82, 2.24) is 9.62 Å². The molecule has 1 amide bonds. The van der Waals surface area contributed by atoms with Crippen molar-refractivity contribution in [3.63, 3.8) is 0 Å². The first-order chi connectivity index (χ1) is 13.0. The smallest absolute Gasteiger partial charge is 0.251 e. The molecule has 0 aliphatic rings. The van der Waals surface area contributed by atoms with Crippen LogP contribution in [0.1, 0.15) is 35.3 Å². The molecule has 2 aromatic rings. The number of hydrogen-bond donors (Lipinski definition) is 1. The SMILES string of the molecule is CC[C@H](NC(=O)c1cccc(S(=O)(=O)N(C)C)c1)c1ccc(S(C)(=O)=O)cc1. The van der Waals surface area contributed by atoms with Gasteiger partial charge in [-0.15, -0.1) is 0 Å². The fraction of sp³-hybridized carbons (Fsp3) is 0.316. The van der Waals surface area contributed by atoms with Crippen LogP contribution >= 0.6 is 0 Å². The average molecular weight is 425 g/mol. The molecular formula is C19H24N2O5S2. The third-order valence-electron chi connectivity index (χ3n) is 4.30. The van der Waals surface area contributed by atoms with Crippen LogP contribution in [0.4, 0.5) is 0 Å². The van der Waals surface area contributed by atoms with E-state index in [1.54, 1.807) is 18.2 Å². The molecule has 0 saturated carbocycles. The van der Waals surface area contributed by atoms with Crippen LogP contribution in [0.3, 0.4) is 0 Å². The van der Waals surface area contributed by atoms with E-state index in [2.05, 4.69) is 5.32 Å². The highest BCUT2D eigenvalue weighted by atomic mass is 32.2. The molecule has 0 heterocycles. The number of sulfonamides is 1. The number of nitrogens with one attached hydrogen (secondary N) is 1. The molecule has 28 heavy (non-hydrogen) atoms. The van der Waals surface area contributed by atoms with Crippen molar-refractivity contribution in [2.24, 2.45) is 0 Å². The zero-order valence-corrected chi connectivity index (χ0v) is 17.8.